The molecule has 0 saturated heterocycles. The summed E-state index contributed by atoms with van der Waals surface area (Å²) < 4.78 is 5.94. The molecular formula is C9H12BrNO. The van der Waals surface area contributed by atoms with E-state index in [1.165, 1.54) is 5.56 Å². The van der Waals surface area contributed by atoms with Crippen molar-refractivity contribution in [2.45, 2.75) is 12.8 Å². The highest BCUT2D eigenvalue weighted by atomic mass is 79.9. The van der Waals surface area contributed by atoms with Gasteiger partial charge in [-0.15, -0.1) is 0 Å². The minimum Gasteiger partial charge on any atom is -0.384 e. The number of aromatic nitrogens is 1. The van der Waals surface area contributed by atoms with E-state index in [-0.39, 0.29) is 0 Å². The van der Waals surface area contributed by atoms with Gasteiger partial charge in [0, 0.05) is 19.2 Å². The summed E-state index contributed by atoms with van der Waals surface area (Å²) in [6.07, 6.45) is 1.80. The van der Waals surface area contributed by atoms with Crippen LogP contribution in [0.3, 0.4) is 0 Å². The average molecular weight is 230 g/mol. The zero-order chi connectivity index (χ0) is 8.97. The summed E-state index contributed by atoms with van der Waals surface area (Å²) in [6.45, 7) is 2.88. The molecule has 0 aliphatic heterocycles. The van der Waals surface area contributed by atoms with Crippen molar-refractivity contribution in [2.24, 2.45) is 0 Å². The predicted octanol–water partition coefficient (Wildman–Crippen LogP) is 2.59. The second-order valence-corrected chi connectivity index (χ2v) is 3.58. The zero-order valence-electron chi connectivity index (χ0n) is 7.25. The fourth-order valence-corrected chi connectivity index (χ4v) is 1.45. The van der Waals surface area contributed by atoms with Crippen molar-refractivity contribution in [1.29, 1.82) is 0 Å². The lowest BCUT2D eigenvalue weighted by Gasteiger charge is -2.09. The predicted molar refractivity (Wildman–Crippen MR) is 52.2 cm³/mol. The molecule has 0 aliphatic carbocycles. The minimum absolute atomic E-state index is 0.425. The van der Waals surface area contributed by atoms with Gasteiger partial charge >= 0.3 is 0 Å². The monoisotopic (exact) mass is 229 g/mol. The van der Waals surface area contributed by atoms with Gasteiger partial charge in [-0.05, 0) is 33.6 Å². The molecule has 0 unspecified atom stereocenters. The highest BCUT2D eigenvalue weighted by molar-refractivity contribution is 9.10. The van der Waals surface area contributed by atoms with Gasteiger partial charge in [-0.1, -0.05) is 6.92 Å². The first kappa shape index (κ1) is 9.68. The maximum atomic E-state index is 5.06. The molecule has 1 aromatic heterocycles. The third-order valence-corrected chi connectivity index (χ3v) is 2.17. The van der Waals surface area contributed by atoms with Crippen LogP contribution in [0.5, 0.6) is 0 Å². The molecule has 1 heterocycles. The average Bonchev–Trinajstić information content (AvgIpc) is 2.05. The number of hydrogen-bond acceptors (Lipinski definition) is 2. The van der Waals surface area contributed by atoms with Crippen LogP contribution in [0.15, 0.2) is 22.9 Å². The summed E-state index contributed by atoms with van der Waals surface area (Å²) in [5.41, 5.74) is 1.25. The normalized spacial score (nSPS) is 12.9. The van der Waals surface area contributed by atoms with Crippen LogP contribution in [0.2, 0.25) is 0 Å². The Bertz CT molecular complexity index is 252. The third-order valence-electron chi connectivity index (χ3n) is 1.74. The largest absolute Gasteiger partial charge is 0.384 e. The Kier molecular flexibility index (Phi) is 3.69. The van der Waals surface area contributed by atoms with Gasteiger partial charge in [0.05, 0.1) is 6.61 Å². The topological polar surface area (TPSA) is 22.1 Å². The maximum Gasteiger partial charge on any atom is 0.106 e. The SMILES string of the molecule is COC[C@H](C)c1ccnc(Br)c1. The van der Waals surface area contributed by atoms with E-state index in [9.17, 15) is 0 Å². The Balaban J connectivity index is 2.73. The van der Waals surface area contributed by atoms with Crippen molar-refractivity contribution >= 4 is 15.9 Å². The van der Waals surface area contributed by atoms with Crippen LogP contribution in [-0.4, -0.2) is 18.7 Å². The Morgan fingerprint density at radius 3 is 3.00 bits per heavy atom. The van der Waals surface area contributed by atoms with Crippen LogP contribution in [0, 0.1) is 0 Å². The van der Waals surface area contributed by atoms with Crippen LogP contribution in [0.1, 0.15) is 18.4 Å². The summed E-state index contributed by atoms with van der Waals surface area (Å²) in [6, 6.07) is 4.03. The van der Waals surface area contributed by atoms with Crippen LogP contribution < -0.4 is 0 Å². The molecule has 0 aliphatic rings. The number of nitrogens with zero attached hydrogens (tertiary/aromatic N) is 1. The Morgan fingerprint density at radius 2 is 2.42 bits per heavy atom. The first-order valence-corrected chi connectivity index (χ1v) is 4.63. The molecule has 1 rings (SSSR count). The Labute approximate surface area is 81.1 Å². The lowest BCUT2D eigenvalue weighted by molar-refractivity contribution is 0.184. The van der Waals surface area contributed by atoms with E-state index in [1.54, 1.807) is 13.3 Å². The van der Waals surface area contributed by atoms with Gasteiger partial charge in [0.2, 0.25) is 0 Å². The number of rotatable bonds is 3. The summed E-state index contributed by atoms with van der Waals surface area (Å²) in [4.78, 5) is 4.06. The molecule has 3 heteroatoms. The molecule has 0 aromatic carbocycles. The van der Waals surface area contributed by atoms with Crippen LogP contribution >= 0.6 is 15.9 Å². The van der Waals surface area contributed by atoms with Crippen molar-refractivity contribution in [3.8, 4) is 0 Å². The summed E-state index contributed by atoms with van der Waals surface area (Å²) in [7, 11) is 1.72. The van der Waals surface area contributed by atoms with E-state index in [0.29, 0.717) is 5.92 Å². The lowest BCUT2D eigenvalue weighted by atomic mass is 10.0. The molecule has 0 saturated carbocycles. The molecule has 0 spiro atoms. The van der Waals surface area contributed by atoms with Crippen LogP contribution in [-0.2, 0) is 4.74 Å². The lowest BCUT2D eigenvalue weighted by Crippen LogP contribution is -2.01. The van der Waals surface area contributed by atoms with Gasteiger partial charge < -0.3 is 4.74 Å². The van der Waals surface area contributed by atoms with Crippen molar-refractivity contribution in [3.05, 3.63) is 28.5 Å². The molecular weight excluding hydrogens is 218 g/mol. The molecule has 0 amide bonds. The van der Waals surface area contributed by atoms with E-state index in [1.807, 2.05) is 12.1 Å². The molecule has 1 aromatic rings. The van der Waals surface area contributed by atoms with Crippen LogP contribution in [0.25, 0.3) is 0 Å². The van der Waals surface area contributed by atoms with Gasteiger partial charge in [-0.25, -0.2) is 4.98 Å². The highest BCUT2D eigenvalue weighted by Gasteiger charge is 2.04. The molecule has 0 radical (unpaired) electrons. The molecule has 0 bridgehead atoms. The first-order chi connectivity index (χ1) is 5.74. The smallest absolute Gasteiger partial charge is 0.106 e. The first-order valence-electron chi connectivity index (χ1n) is 3.84. The van der Waals surface area contributed by atoms with Gasteiger partial charge in [0.15, 0.2) is 0 Å². The minimum atomic E-state index is 0.425. The number of methoxy groups -OCH3 is 1. The number of hydrogen-bond donors (Lipinski definition) is 0. The van der Waals surface area contributed by atoms with Crippen LogP contribution in [0.4, 0.5) is 0 Å². The van der Waals surface area contributed by atoms with E-state index in [0.717, 1.165) is 11.2 Å². The van der Waals surface area contributed by atoms with Gasteiger partial charge in [0.25, 0.3) is 0 Å². The second kappa shape index (κ2) is 4.58. The van der Waals surface area contributed by atoms with Gasteiger partial charge in [-0.2, -0.15) is 0 Å². The maximum absolute atomic E-state index is 5.06. The van der Waals surface area contributed by atoms with Crippen molar-refractivity contribution in [2.75, 3.05) is 13.7 Å². The highest BCUT2D eigenvalue weighted by Crippen LogP contribution is 2.17. The van der Waals surface area contributed by atoms with E-state index in [2.05, 4.69) is 27.8 Å². The Hall–Kier alpha value is -0.410. The van der Waals surface area contributed by atoms with E-state index >= 15 is 0 Å². The molecule has 0 fully saturated rings. The van der Waals surface area contributed by atoms with Gasteiger partial charge in [0.1, 0.15) is 4.60 Å². The molecule has 1 atom stereocenters. The zero-order valence-corrected chi connectivity index (χ0v) is 8.84. The Morgan fingerprint density at radius 1 is 1.67 bits per heavy atom. The summed E-state index contributed by atoms with van der Waals surface area (Å²) >= 11 is 3.33. The quantitative estimate of drug-likeness (QED) is 0.744. The van der Waals surface area contributed by atoms with E-state index in [4.69, 9.17) is 4.74 Å². The standard InChI is InChI=1S/C9H12BrNO/c1-7(6-12-2)8-3-4-11-9(10)5-8/h3-5,7H,6H2,1-2H3/t7-/m0/s1. The van der Waals surface area contributed by atoms with Crippen molar-refractivity contribution in [3.63, 3.8) is 0 Å². The fraction of sp³-hybridized carbons (Fsp3) is 0.444. The summed E-state index contributed by atoms with van der Waals surface area (Å²) in [5.74, 6) is 0.425. The second-order valence-electron chi connectivity index (χ2n) is 2.77. The summed E-state index contributed by atoms with van der Waals surface area (Å²) in [5, 5.41) is 0. The van der Waals surface area contributed by atoms with Crippen molar-refractivity contribution in [1.82, 2.24) is 4.98 Å². The van der Waals surface area contributed by atoms with E-state index < -0.39 is 0 Å². The molecule has 0 N–H and O–H groups in total. The molecule has 12 heavy (non-hydrogen) atoms. The number of halogens is 1. The number of pyridine rings is 1. The number of ether oxygens (including phenoxy) is 1. The third kappa shape index (κ3) is 2.57. The molecule has 66 valence electrons. The van der Waals surface area contributed by atoms with Gasteiger partial charge in [-0.3, -0.25) is 0 Å². The fourth-order valence-electron chi connectivity index (χ4n) is 1.07. The molecule has 2 nitrogen and oxygen atoms in total. The van der Waals surface area contributed by atoms with Crippen molar-refractivity contribution < 1.29 is 4.74 Å².